The van der Waals surface area contributed by atoms with Crippen LogP contribution in [0, 0.1) is 0 Å². The lowest BCUT2D eigenvalue weighted by molar-refractivity contribution is -0.0704. The maximum Gasteiger partial charge on any atom is 0.191 e. The van der Waals surface area contributed by atoms with Crippen molar-refractivity contribution >= 4 is 29.9 Å². The molecule has 3 rings (SSSR count). The van der Waals surface area contributed by atoms with Crippen molar-refractivity contribution in [1.29, 1.82) is 0 Å². The number of nitrogens with zero attached hydrogens (tertiary/aromatic N) is 2. The minimum Gasteiger partial charge on any atom is -0.497 e. The van der Waals surface area contributed by atoms with E-state index in [9.17, 15) is 0 Å². The Morgan fingerprint density at radius 2 is 1.56 bits per heavy atom. The first-order valence-corrected chi connectivity index (χ1v) is 11.1. The second kappa shape index (κ2) is 13.6. The Labute approximate surface area is 209 Å². The molecule has 1 heterocycles. The van der Waals surface area contributed by atoms with Gasteiger partial charge in [-0.2, -0.15) is 0 Å². The van der Waals surface area contributed by atoms with E-state index >= 15 is 0 Å². The molecule has 0 spiro atoms. The lowest BCUT2D eigenvalue weighted by Crippen LogP contribution is -2.44. The Kier molecular flexibility index (Phi) is 11.3. The van der Waals surface area contributed by atoms with Gasteiger partial charge in [0.25, 0.3) is 0 Å². The van der Waals surface area contributed by atoms with Gasteiger partial charge in [0.05, 0.1) is 19.3 Å². The monoisotopic (exact) mass is 552 g/mol. The molecule has 2 unspecified atom stereocenters. The van der Waals surface area contributed by atoms with Crippen LogP contribution in [0.5, 0.6) is 5.75 Å². The Hall–Kier alpha value is -1.84. The first-order valence-electron chi connectivity index (χ1n) is 11.1. The number of benzene rings is 2. The van der Waals surface area contributed by atoms with E-state index in [0.29, 0.717) is 12.2 Å². The van der Waals surface area contributed by atoms with Crippen LogP contribution in [0.3, 0.4) is 0 Å². The lowest BCUT2D eigenvalue weighted by Gasteiger charge is -2.35. The van der Waals surface area contributed by atoms with E-state index in [0.717, 1.165) is 50.9 Å². The average molecular weight is 553 g/mol. The number of nitrogens with one attached hydrogen (secondary N) is 2. The van der Waals surface area contributed by atoms with E-state index in [1.165, 1.54) is 16.7 Å². The van der Waals surface area contributed by atoms with E-state index in [4.69, 9.17) is 9.47 Å². The van der Waals surface area contributed by atoms with Gasteiger partial charge < -0.3 is 20.1 Å². The van der Waals surface area contributed by atoms with Crippen molar-refractivity contribution in [2.75, 3.05) is 33.8 Å². The minimum atomic E-state index is 0. The van der Waals surface area contributed by atoms with Crippen LogP contribution in [0.4, 0.5) is 0 Å². The molecule has 2 aromatic carbocycles. The molecule has 32 heavy (non-hydrogen) atoms. The Morgan fingerprint density at radius 1 is 0.969 bits per heavy atom. The van der Waals surface area contributed by atoms with Crippen LogP contribution < -0.4 is 15.4 Å². The van der Waals surface area contributed by atoms with Gasteiger partial charge in [-0.15, -0.1) is 24.0 Å². The molecule has 176 valence electrons. The summed E-state index contributed by atoms with van der Waals surface area (Å²) in [4.78, 5) is 6.80. The third-order valence-electron chi connectivity index (χ3n) is 5.47. The predicted molar refractivity (Wildman–Crippen MR) is 142 cm³/mol. The lowest BCUT2D eigenvalue weighted by atomic mass is 10.1. The molecule has 0 bridgehead atoms. The maximum atomic E-state index is 5.83. The molecule has 2 N–H and O–H groups in total. The summed E-state index contributed by atoms with van der Waals surface area (Å²) in [6.45, 7) is 8.82. The van der Waals surface area contributed by atoms with Gasteiger partial charge in [0, 0.05) is 39.8 Å². The fourth-order valence-corrected chi connectivity index (χ4v) is 3.96. The van der Waals surface area contributed by atoms with Crippen LogP contribution >= 0.6 is 24.0 Å². The molecule has 2 atom stereocenters. The molecule has 1 aliphatic heterocycles. The fourth-order valence-electron chi connectivity index (χ4n) is 3.96. The molecule has 0 aromatic heterocycles. The second-order valence-corrected chi connectivity index (χ2v) is 8.22. The number of rotatable bonds is 8. The summed E-state index contributed by atoms with van der Waals surface area (Å²) in [5, 5.41) is 6.77. The van der Waals surface area contributed by atoms with Gasteiger partial charge >= 0.3 is 0 Å². The van der Waals surface area contributed by atoms with E-state index in [2.05, 4.69) is 70.8 Å². The third kappa shape index (κ3) is 8.60. The molecule has 0 amide bonds. The number of hydrogen-bond acceptors (Lipinski definition) is 4. The zero-order valence-corrected chi connectivity index (χ0v) is 22.0. The van der Waals surface area contributed by atoms with E-state index in [1.807, 2.05) is 12.1 Å². The normalized spacial score (nSPS) is 19.2. The highest BCUT2D eigenvalue weighted by molar-refractivity contribution is 14.0. The average Bonchev–Trinajstić information content (AvgIpc) is 2.77. The van der Waals surface area contributed by atoms with Gasteiger partial charge in [0.1, 0.15) is 5.75 Å². The van der Waals surface area contributed by atoms with Gasteiger partial charge in [-0.3, -0.25) is 9.89 Å². The van der Waals surface area contributed by atoms with Crippen molar-refractivity contribution in [3.63, 3.8) is 0 Å². The Balaban J connectivity index is 0.00000363. The first-order chi connectivity index (χ1) is 15.1. The SMILES string of the molecule is CN=C(NCCc1ccc(OC)cc1)NCc1ccc(CN2CC(C)OC(C)C2)cc1.I. The number of methoxy groups -OCH3 is 1. The van der Waals surface area contributed by atoms with Crippen molar-refractivity contribution in [3.05, 3.63) is 65.2 Å². The van der Waals surface area contributed by atoms with E-state index in [1.54, 1.807) is 14.2 Å². The molecule has 1 fully saturated rings. The van der Waals surface area contributed by atoms with Gasteiger partial charge in [-0.05, 0) is 49.1 Å². The molecule has 1 aliphatic rings. The predicted octanol–water partition coefficient (Wildman–Crippen LogP) is 3.83. The van der Waals surface area contributed by atoms with Crippen LogP contribution in [0.15, 0.2) is 53.5 Å². The Morgan fingerprint density at radius 3 is 2.16 bits per heavy atom. The zero-order valence-electron chi connectivity index (χ0n) is 19.6. The highest BCUT2D eigenvalue weighted by Gasteiger charge is 2.21. The molecule has 7 heteroatoms. The standard InChI is InChI=1S/C25H36N4O2.HI/c1-19-16-29(17-20(2)31-19)18-23-7-5-22(6-8-23)15-28-25(26-3)27-14-13-21-9-11-24(30-4)12-10-21;/h5-12,19-20H,13-18H2,1-4H3,(H2,26,27,28);1H. The number of ether oxygens (including phenoxy) is 2. The third-order valence-corrected chi connectivity index (χ3v) is 5.47. The summed E-state index contributed by atoms with van der Waals surface area (Å²) in [5.74, 6) is 1.70. The zero-order chi connectivity index (χ0) is 22.1. The van der Waals surface area contributed by atoms with Gasteiger partial charge in [0.2, 0.25) is 0 Å². The van der Waals surface area contributed by atoms with Crippen LogP contribution in [0.1, 0.15) is 30.5 Å². The quantitative estimate of drug-likeness (QED) is 0.296. The number of halogens is 1. The van der Waals surface area contributed by atoms with E-state index < -0.39 is 0 Å². The van der Waals surface area contributed by atoms with E-state index in [-0.39, 0.29) is 24.0 Å². The van der Waals surface area contributed by atoms with Gasteiger partial charge in [-0.1, -0.05) is 36.4 Å². The van der Waals surface area contributed by atoms with Crippen molar-refractivity contribution in [2.24, 2.45) is 4.99 Å². The van der Waals surface area contributed by atoms with Crippen molar-refractivity contribution in [3.8, 4) is 5.75 Å². The first kappa shape index (κ1) is 26.4. The summed E-state index contributed by atoms with van der Waals surface area (Å²) in [6.07, 6.45) is 1.53. The number of morpholine rings is 1. The molecule has 0 aliphatic carbocycles. The second-order valence-electron chi connectivity index (χ2n) is 8.22. The number of hydrogen-bond donors (Lipinski definition) is 2. The van der Waals surface area contributed by atoms with Crippen LogP contribution in [-0.2, 0) is 24.2 Å². The van der Waals surface area contributed by atoms with Crippen molar-refractivity contribution < 1.29 is 9.47 Å². The molecule has 0 saturated carbocycles. The summed E-state index contributed by atoms with van der Waals surface area (Å²) in [7, 11) is 3.49. The minimum absolute atomic E-state index is 0. The topological polar surface area (TPSA) is 58.1 Å². The summed E-state index contributed by atoms with van der Waals surface area (Å²) in [6, 6.07) is 17.0. The number of aliphatic imine (C=N–C) groups is 1. The van der Waals surface area contributed by atoms with Crippen molar-refractivity contribution in [1.82, 2.24) is 15.5 Å². The molecule has 0 radical (unpaired) electrons. The van der Waals surface area contributed by atoms with Crippen LogP contribution in [0.2, 0.25) is 0 Å². The number of guanidine groups is 1. The van der Waals surface area contributed by atoms with Gasteiger partial charge in [0.15, 0.2) is 5.96 Å². The summed E-state index contributed by atoms with van der Waals surface area (Å²) < 4.78 is 11.0. The van der Waals surface area contributed by atoms with Crippen LogP contribution in [0.25, 0.3) is 0 Å². The highest BCUT2D eigenvalue weighted by atomic mass is 127. The van der Waals surface area contributed by atoms with Crippen molar-refractivity contribution in [2.45, 2.75) is 45.6 Å². The molecule has 1 saturated heterocycles. The summed E-state index contributed by atoms with van der Waals surface area (Å²) >= 11 is 0. The Bertz CT molecular complexity index is 817. The highest BCUT2D eigenvalue weighted by Crippen LogP contribution is 2.15. The molecular formula is C25H37IN4O2. The van der Waals surface area contributed by atoms with Gasteiger partial charge in [-0.25, -0.2) is 0 Å². The van der Waals surface area contributed by atoms with Crippen LogP contribution in [-0.4, -0.2) is 56.9 Å². The fraction of sp³-hybridized carbons (Fsp3) is 0.480. The molecule has 6 nitrogen and oxygen atoms in total. The smallest absolute Gasteiger partial charge is 0.191 e. The molecule has 2 aromatic rings. The maximum absolute atomic E-state index is 5.83. The largest absolute Gasteiger partial charge is 0.497 e. The molecular weight excluding hydrogens is 515 g/mol. The summed E-state index contributed by atoms with van der Waals surface area (Å²) in [5.41, 5.74) is 3.85.